The summed E-state index contributed by atoms with van der Waals surface area (Å²) in [4.78, 5) is 42.1. The number of rotatable bonds is 3. The minimum absolute atomic E-state index is 0.0150. The van der Waals surface area contributed by atoms with Crippen molar-refractivity contribution < 1.29 is 29.0 Å². The van der Waals surface area contributed by atoms with Crippen LogP contribution in [0.4, 0.5) is 4.79 Å². The van der Waals surface area contributed by atoms with Gasteiger partial charge in [0, 0.05) is 13.1 Å². The van der Waals surface area contributed by atoms with Gasteiger partial charge in [-0.25, -0.2) is 4.79 Å². The molecule has 0 bridgehead atoms. The van der Waals surface area contributed by atoms with E-state index < -0.39 is 35.7 Å². The number of amides is 2. The predicted octanol–water partition coefficient (Wildman–Crippen LogP) is 2.95. The van der Waals surface area contributed by atoms with Crippen LogP contribution < -0.4 is 0 Å². The lowest BCUT2D eigenvalue weighted by Crippen LogP contribution is -2.62. The Morgan fingerprint density at radius 1 is 1.17 bits per heavy atom. The van der Waals surface area contributed by atoms with Gasteiger partial charge in [-0.2, -0.15) is 5.26 Å². The number of nitriles is 1. The highest BCUT2D eigenvalue weighted by molar-refractivity contribution is 5.92. The smallest absolute Gasteiger partial charge is 0.411 e. The highest BCUT2D eigenvalue weighted by Gasteiger charge is 2.48. The van der Waals surface area contributed by atoms with E-state index in [2.05, 4.69) is 6.07 Å². The average Bonchev–Trinajstić information content (AvgIpc) is 2.81. The molecule has 9 nitrogen and oxygen atoms in total. The second-order valence-electron chi connectivity index (χ2n) is 10.5. The molecule has 0 radical (unpaired) electrons. The fourth-order valence-corrected chi connectivity index (χ4v) is 4.89. The molecule has 9 heteroatoms. The number of β-amino-alcohol motifs (C(OH)–C–C–N with tert-alkyl or cyclic N) is 1. The van der Waals surface area contributed by atoms with E-state index in [0.29, 0.717) is 25.1 Å². The summed E-state index contributed by atoms with van der Waals surface area (Å²) in [5, 5.41) is 19.7. The number of hydrogen-bond acceptors (Lipinski definition) is 7. The molecule has 1 N–H and O–H groups in total. The minimum atomic E-state index is -1.13. The van der Waals surface area contributed by atoms with Crippen LogP contribution in [0.1, 0.15) is 55.9 Å². The summed E-state index contributed by atoms with van der Waals surface area (Å²) in [5.74, 6) is -2.05. The Hall–Kier alpha value is -3.38. The Morgan fingerprint density at radius 3 is 2.31 bits per heavy atom. The van der Waals surface area contributed by atoms with Crippen molar-refractivity contribution in [3.63, 3.8) is 0 Å². The summed E-state index contributed by atoms with van der Waals surface area (Å²) in [5.41, 5.74) is 3.75. The Labute approximate surface area is 212 Å². The SMILES string of the molecule is COC(=O)[C@H]1C[C@@H](O)CN(C(=O)OC(C)(C)C)[C@@H]1C(=O)N1CC=C(c2cc(C)c(C#N)c(C)c2)CC1. The molecule has 0 spiro atoms. The van der Waals surface area contributed by atoms with Gasteiger partial charge in [-0.1, -0.05) is 18.2 Å². The number of ether oxygens (including phenoxy) is 2. The van der Waals surface area contributed by atoms with Crippen LogP contribution in [0.5, 0.6) is 0 Å². The van der Waals surface area contributed by atoms with E-state index >= 15 is 0 Å². The quantitative estimate of drug-likeness (QED) is 0.638. The molecule has 2 heterocycles. The summed E-state index contributed by atoms with van der Waals surface area (Å²) in [6, 6.07) is 5.06. The molecule has 3 rings (SSSR count). The first kappa shape index (κ1) is 27.2. The number of aryl methyl sites for hydroxylation is 2. The Kier molecular flexibility index (Phi) is 8.09. The van der Waals surface area contributed by atoms with E-state index in [1.165, 1.54) is 7.11 Å². The van der Waals surface area contributed by atoms with Crippen LogP contribution in [-0.4, -0.2) is 77.4 Å². The van der Waals surface area contributed by atoms with Crippen molar-refractivity contribution in [2.45, 2.75) is 65.2 Å². The van der Waals surface area contributed by atoms with Crippen LogP contribution in [0.25, 0.3) is 5.57 Å². The van der Waals surface area contributed by atoms with Gasteiger partial charge < -0.3 is 19.5 Å². The predicted molar refractivity (Wildman–Crippen MR) is 133 cm³/mol. The molecule has 2 aliphatic rings. The van der Waals surface area contributed by atoms with Gasteiger partial charge in [-0.05, 0) is 69.7 Å². The number of aliphatic hydroxyl groups is 1. The second kappa shape index (κ2) is 10.7. The van der Waals surface area contributed by atoms with Gasteiger partial charge in [0.05, 0.1) is 37.3 Å². The highest BCUT2D eigenvalue weighted by atomic mass is 16.6. The van der Waals surface area contributed by atoms with Crippen LogP contribution in [0.3, 0.4) is 0 Å². The lowest BCUT2D eigenvalue weighted by atomic mass is 9.86. The van der Waals surface area contributed by atoms with Crippen LogP contribution in [-0.2, 0) is 19.1 Å². The van der Waals surface area contributed by atoms with E-state index in [-0.39, 0.29) is 18.9 Å². The molecule has 36 heavy (non-hydrogen) atoms. The van der Waals surface area contributed by atoms with E-state index in [4.69, 9.17) is 9.47 Å². The monoisotopic (exact) mass is 497 g/mol. The van der Waals surface area contributed by atoms with Gasteiger partial charge in [-0.15, -0.1) is 0 Å². The van der Waals surface area contributed by atoms with Gasteiger partial charge in [0.15, 0.2) is 0 Å². The largest absolute Gasteiger partial charge is 0.469 e. The van der Waals surface area contributed by atoms with E-state index in [1.807, 2.05) is 32.1 Å². The number of likely N-dealkylation sites (tertiary alicyclic amines) is 1. The number of hydrogen-bond donors (Lipinski definition) is 1. The second-order valence-corrected chi connectivity index (χ2v) is 10.5. The fraction of sp³-hybridized carbons (Fsp3) is 0.556. The Balaban J connectivity index is 1.87. The first-order chi connectivity index (χ1) is 16.9. The van der Waals surface area contributed by atoms with Crippen molar-refractivity contribution in [3.8, 4) is 6.07 Å². The zero-order valence-electron chi connectivity index (χ0n) is 21.8. The number of methoxy groups -OCH3 is 1. The number of carbonyl (C=O) groups is 3. The minimum Gasteiger partial charge on any atom is -0.469 e. The summed E-state index contributed by atoms with van der Waals surface area (Å²) in [6.45, 7) is 9.54. The van der Waals surface area contributed by atoms with Gasteiger partial charge in [-0.3, -0.25) is 14.5 Å². The third kappa shape index (κ3) is 5.88. The maximum atomic E-state index is 13.7. The van der Waals surface area contributed by atoms with Crippen molar-refractivity contribution >= 4 is 23.5 Å². The zero-order chi connectivity index (χ0) is 26.8. The molecule has 0 unspecified atom stereocenters. The molecular formula is C27H35N3O6. The lowest BCUT2D eigenvalue weighted by molar-refractivity contribution is -0.159. The molecule has 194 valence electrons. The molecule has 3 atom stereocenters. The van der Waals surface area contributed by atoms with Gasteiger partial charge in [0.2, 0.25) is 5.91 Å². The summed E-state index contributed by atoms with van der Waals surface area (Å²) in [7, 11) is 1.22. The van der Waals surface area contributed by atoms with E-state index in [0.717, 1.165) is 27.2 Å². The normalized spacial score (nSPS) is 22.4. The average molecular weight is 498 g/mol. The maximum Gasteiger partial charge on any atom is 0.411 e. The number of nitrogens with zero attached hydrogens (tertiary/aromatic N) is 3. The van der Waals surface area contributed by atoms with Crippen molar-refractivity contribution in [2.75, 3.05) is 26.7 Å². The van der Waals surface area contributed by atoms with E-state index in [1.54, 1.807) is 25.7 Å². The van der Waals surface area contributed by atoms with Crippen LogP contribution in [0, 0.1) is 31.1 Å². The van der Waals surface area contributed by atoms with E-state index in [9.17, 15) is 24.8 Å². The summed E-state index contributed by atoms with van der Waals surface area (Å²) in [6.07, 6.45) is 0.818. The highest BCUT2D eigenvalue weighted by Crippen LogP contribution is 2.31. The Morgan fingerprint density at radius 2 is 1.81 bits per heavy atom. The van der Waals surface area contributed by atoms with Crippen molar-refractivity contribution in [2.24, 2.45) is 5.92 Å². The van der Waals surface area contributed by atoms with Gasteiger partial charge in [0.25, 0.3) is 0 Å². The molecule has 1 aromatic carbocycles. The zero-order valence-corrected chi connectivity index (χ0v) is 21.8. The maximum absolute atomic E-state index is 13.7. The number of benzene rings is 1. The van der Waals surface area contributed by atoms with Gasteiger partial charge >= 0.3 is 12.1 Å². The Bertz CT molecular complexity index is 1090. The molecule has 0 aromatic heterocycles. The van der Waals surface area contributed by atoms with Crippen molar-refractivity contribution in [1.82, 2.24) is 9.80 Å². The fourth-order valence-electron chi connectivity index (χ4n) is 4.89. The molecule has 0 aliphatic carbocycles. The molecule has 1 fully saturated rings. The lowest BCUT2D eigenvalue weighted by Gasteiger charge is -2.43. The molecule has 1 aromatic rings. The third-order valence-corrected chi connectivity index (χ3v) is 6.57. The number of aliphatic hydroxyl groups excluding tert-OH is 1. The van der Waals surface area contributed by atoms with Crippen LogP contribution >= 0.6 is 0 Å². The first-order valence-electron chi connectivity index (χ1n) is 12.1. The summed E-state index contributed by atoms with van der Waals surface area (Å²) < 4.78 is 10.4. The molecule has 0 saturated carbocycles. The van der Waals surface area contributed by atoms with Gasteiger partial charge in [0.1, 0.15) is 11.6 Å². The third-order valence-electron chi connectivity index (χ3n) is 6.57. The van der Waals surface area contributed by atoms with Crippen molar-refractivity contribution in [3.05, 3.63) is 40.5 Å². The molecule has 1 saturated heterocycles. The number of carbonyl (C=O) groups excluding carboxylic acids is 3. The molecule has 2 amide bonds. The topological polar surface area (TPSA) is 120 Å². The first-order valence-corrected chi connectivity index (χ1v) is 12.1. The standard InChI is InChI=1S/C27H35N3O6/c1-16-11-19(12-17(2)22(16)14-28)18-7-9-29(10-8-18)24(32)23-21(25(33)35-6)13-20(31)15-30(23)26(34)36-27(3,4)5/h7,11-12,20-21,23,31H,8-10,13,15H2,1-6H3/t20-,21+,23+/m1/s1. The summed E-state index contributed by atoms with van der Waals surface area (Å²) >= 11 is 0. The van der Waals surface area contributed by atoms with Crippen LogP contribution in [0.15, 0.2) is 18.2 Å². The number of esters is 1. The number of piperidine rings is 1. The molecular weight excluding hydrogens is 462 g/mol. The van der Waals surface area contributed by atoms with Crippen molar-refractivity contribution in [1.29, 1.82) is 5.26 Å². The van der Waals surface area contributed by atoms with Crippen LogP contribution in [0.2, 0.25) is 0 Å². The molecule has 2 aliphatic heterocycles.